The normalized spacial score (nSPS) is 10.1. The molecule has 5 heteroatoms. The molecule has 1 heterocycles. The summed E-state index contributed by atoms with van der Waals surface area (Å²) in [6.07, 6.45) is 1.76. The Hall–Kier alpha value is -2.74. The Morgan fingerprint density at radius 1 is 1.43 bits per heavy atom. The molecular formula is C16H18N4O. The lowest BCUT2D eigenvalue weighted by molar-refractivity contribution is 0.0774. The van der Waals surface area contributed by atoms with E-state index in [1.807, 2.05) is 23.6 Å². The Bertz CT molecular complexity index is 697. The van der Waals surface area contributed by atoms with Crippen LogP contribution in [0.4, 0.5) is 5.69 Å². The van der Waals surface area contributed by atoms with Gasteiger partial charge in [0.25, 0.3) is 5.91 Å². The van der Waals surface area contributed by atoms with Crippen molar-refractivity contribution in [3.63, 3.8) is 0 Å². The molecule has 1 aromatic carbocycles. The zero-order valence-electron chi connectivity index (χ0n) is 12.2. The minimum atomic E-state index is -0.0871. The minimum Gasteiger partial charge on any atom is -0.397 e. The first-order valence-corrected chi connectivity index (χ1v) is 6.75. The van der Waals surface area contributed by atoms with Crippen molar-refractivity contribution >= 4 is 11.6 Å². The highest BCUT2D eigenvalue weighted by Gasteiger charge is 2.16. The number of carbonyl (C=O) groups is 1. The summed E-state index contributed by atoms with van der Waals surface area (Å²) in [4.78, 5) is 14.1. The summed E-state index contributed by atoms with van der Waals surface area (Å²) >= 11 is 0. The van der Waals surface area contributed by atoms with Crippen LogP contribution in [0.25, 0.3) is 0 Å². The lowest BCUT2D eigenvalue weighted by Gasteiger charge is -2.18. The summed E-state index contributed by atoms with van der Waals surface area (Å²) in [5, 5.41) is 8.91. The van der Waals surface area contributed by atoms with Crippen molar-refractivity contribution in [1.29, 1.82) is 5.26 Å². The molecule has 0 unspecified atom stereocenters. The van der Waals surface area contributed by atoms with E-state index in [1.54, 1.807) is 36.3 Å². The first-order chi connectivity index (χ1) is 10.0. The van der Waals surface area contributed by atoms with E-state index in [1.165, 1.54) is 0 Å². The Balaban J connectivity index is 2.17. The van der Waals surface area contributed by atoms with Gasteiger partial charge in [0.2, 0.25) is 0 Å². The Morgan fingerprint density at radius 2 is 2.19 bits per heavy atom. The molecule has 2 N–H and O–H groups in total. The highest BCUT2D eigenvalue weighted by Crippen LogP contribution is 2.14. The molecule has 0 fully saturated rings. The molecular weight excluding hydrogens is 264 g/mol. The zero-order valence-corrected chi connectivity index (χ0v) is 12.2. The van der Waals surface area contributed by atoms with Gasteiger partial charge in [-0.05, 0) is 30.7 Å². The third kappa shape index (κ3) is 3.23. The Labute approximate surface area is 124 Å². The third-order valence-electron chi connectivity index (χ3n) is 3.30. The molecule has 0 aliphatic rings. The van der Waals surface area contributed by atoms with Gasteiger partial charge in [0.1, 0.15) is 5.69 Å². The molecule has 1 aromatic heterocycles. The van der Waals surface area contributed by atoms with E-state index >= 15 is 0 Å². The molecule has 0 saturated carbocycles. The van der Waals surface area contributed by atoms with Crippen LogP contribution >= 0.6 is 0 Å². The van der Waals surface area contributed by atoms with Gasteiger partial charge in [-0.25, -0.2) is 0 Å². The second-order valence-electron chi connectivity index (χ2n) is 4.92. The predicted octanol–water partition coefficient (Wildman–Crippen LogP) is 2.23. The number of hydrogen-bond acceptors (Lipinski definition) is 3. The average molecular weight is 282 g/mol. The van der Waals surface area contributed by atoms with E-state index in [9.17, 15) is 4.79 Å². The topological polar surface area (TPSA) is 75.0 Å². The van der Waals surface area contributed by atoms with E-state index in [-0.39, 0.29) is 5.91 Å². The van der Waals surface area contributed by atoms with Crippen molar-refractivity contribution in [2.45, 2.75) is 20.0 Å². The van der Waals surface area contributed by atoms with Gasteiger partial charge in [0, 0.05) is 26.3 Å². The van der Waals surface area contributed by atoms with Crippen LogP contribution in [0.2, 0.25) is 0 Å². The molecule has 0 saturated heterocycles. The summed E-state index contributed by atoms with van der Waals surface area (Å²) < 4.78 is 1.83. The maximum atomic E-state index is 12.5. The fourth-order valence-corrected chi connectivity index (χ4v) is 2.25. The minimum absolute atomic E-state index is 0.0871. The van der Waals surface area contributed by atoms with Crippen molar-refractivity contribution in [2.24, 2.45) is 0 Å². The molecule has 5 nitrogen and oxygen atoms in total. The van der Waals surface area contributed by atoms with Crippen molar-refractivity contribution in [3.8, 4) is 6.07 Å². The summed E-state index contributed by atoms with van der Waals surface area (Å²) in [5.74, 6) is -0.0871. The van der Waals surface area contributed by atoms with Crippen molar-refractivity contribution in [1.82, 2.24) is 9.47 Å². The third-order valence-corrected chi connectivity index (χ3v) is 3.30. The fraction of sp³-hybridized carbons (Fsp3) is 0.250. The Morgan fingerprint density at radius 3 is 2.86 bits per heavy atom. The first-order valence-electron chi connectivity index (χ1n) is 6.75. The lowest BCUT2D eigenvalue weighted by atomic mass is 10.1. The monoisotopic (exact) mass is 282 g/mol. The van der Waals surface area contributed by atoms with Crippen LogP contribution < -0.4 is 5.73 Å². The van der Waals surface area contributed by atoms with E-state index in [0.717, 1.165) is 5.56 Å². The maximum absolute atomic E-state index is 12.5. The molecule has 0 aliphatic heterocycles. The number of nitrogens with two attached hydrogens (primary N) is 1. The molecule has 108 valence electrons. The number of rotatable bonds is 4. The van der Waals surface area contributed by atoms with Gasteiger partial charge in [-0.2, -0.15) is 5.26 Å². The van der Waals surface area contributed by atoms with Crippen molar-refractivity contribution in [2.75, 3.05) is 12.8 Å². The first kappa shape index (κ1) is 14.7. The van der Waals surface area contributed by atoms with Crippen LogP contribution in [0.3, 0.4) is 0 Å². The van der Waals surface area contributed by atoms with Gasteiger partial charge in [-0.15, -0.1) is 0 Å². The van der Waals surface area contributed by atoms with Crippen LogP contribution in [-0.4, -0.2) is 22.4 Å². The molecule has 0 aliphatic carbocycles. The van der Waals surface area contributed by atoms with E-state index in [4.69, 9.17) is 11.0 Å². The van der Waals surface area contributed by atoms with Gasteiger partial charge < -0.3 is 15.2 Å². The van der Waals surface area contributed by atoms with E-state index < -0.39 is 0 Å². The summed E-state index contributed by atoms with van der Waals surface area (Å²) in [6, 6.07) is 11.0. The predicted molar refractivity (Wildman–Crippen MR) is 81.5 cm³/mol. The average Bonchev–Trinajstić information content (AvgIpc) is 2.87. The molecule has 21 heavy (non-hydrogen) atoms. The van der Waals surface area contributed by atoms with Gasteiger partial charge in [0.15, 0.2) is 0 Å². The van der Waals surface area contributed by atoms with E-state index in [2.05, 4.69) is 6.07 Å². The molecule has 0 radical (unpaired) electrons. The molecule has 0 bridgehead atoms. The van der Waals surface area contributed by atoms with Crippen molar-refractivity contribution in [3.05, 3.63) is 53.3 Å². The van der Waals surface area contributed by atoms with Gasteiger partial charge in [0.05, 0.1) is 17.3 Å². The van der Waals surface area contributed by atoms with Crippen LogP contribution in [0.15, 0.2) is 36.5 Å². The molecule has 0 spiro atoms. The van der Waals surface area contributed by atoms with Crippen molar-refractivity contribution < 1.29 is 4.79 Å². The number of nitrogen functional groups attached to an aromatic ring is 1. The Kier molecular flexibility index (Phi) is 4.29. The molecule has 1 amide bonds. The van der Waals surface area contributed by atoms with Crippen LogP contribution in [-0.2, 0) is 13.1 Å². The molecule has 2 aromatic rings. The second kappa shape index (κ2) is 6.14. The molecule has 2 rings (SSSR count). The highest BCUT2D eigenvalue weighted by atomic mass is 16.2. The van der Waals surface area contributed by atoms with Crippen LogP contribution in [0.1, 0.15) is 28.5 Å². The smallest absolute Gasteiger partial charge is 0.270 e. The van der Waals surface area contributed by atoms with Crippen LogP contribution in [0.5, 0.6) is 0 Å². The summed E-state index contributed by atoms with van der Waals surface area (Å²) in [6.45, 7) is 3.10. The number of benzene rings is 1. The number of nitrogens with zero attached hydrogens (tertiary/aromatic N) is 3. The number of aromatic nitrogens is 1. The number of aryl methyl sites for hydroxylation is 1. The molecule has 0 atom stereocenters. The highest BCUT2D eigenvalue weighted by molar-refractivity contribution is 5.93. The summed E-state index contributed by atoms with van der Waals surface area (Å²) in [7, 11) is 1.74. The second-order valence-corrected chi connectivity index (χ2v) is 4.92. The van der Waals surface area contributed by atoms with E-state index in [0.29, 0.717) is 30.0 Å². The van der Waals surface area contributed by atoms with Gasteiger partial charge in [-0.1, -0.05) is 12.1 Å². The zero-order chi connectivity index (χ0) is 15.4. The van der Waals surface area contributed by atoms with Gasteiger partial charge in [-0.3, -0.25) is 4.79 Å². The largest absolute Gasteiger partial charge is 0.397 e. The number of carbonyl (C=O) groups excluding carboxylic acids is 1. The number of hydrogen-bond donors (Lipinski definition) is 1. The maximum Gasteiger partial charge on any atom is 0.270 e. The quantitative estimate of drug-likeness (QED) is 0.934. The number of amides is 1. The van der Waals surface area contributed by atoms with Crippen LogP contribution in [0, 0.1) is 11.3 Å². The lowest BCUT2D eigenvalue weighted by Crippen LogP contribution is -2.28. The standard InChI is InChI=1S/C16H18N4O/c1-3-20-11-14(18)8-15(20)16(21)19(2)10-13-6-4-5-12(7-13)9-17/h4-8,11H,3,10,18H2,1-2H3. The van der Waals surface area contributed by atoms with Gasteiger partial charge >= 0.3 is 0 Å². The number of nitriles is 1. The SMILES string of the molecule is CCn1cc(N)cc1C(=O)N(C)Cc1cccc(C#N)c1. The summed E-state index contributed by atoms with van der Waals surface area (Å²) in [5.41, 5.74) is 8.43. The number of anilines is 1. The fourth-order valence-electron chi connectivity index (χ4n) is 2.25.